The highest BCUT2D eigenvalue weighted by molar-refractivity contribution is 9.10. The molecule has 2 atom stereocenters. The third-order valence-electron chi connectivity index (χ3n) is 5.30. The number of carbonyl (C=O) groups excluding carboxylic acids is 2. The van der Waals surface area contributed by atoms with Crippen molar-refractivity contribution in [2.45, 2.75) is 45.8 Å². The standard InChI is InChI=1S/C23H28BrF2N3O4S/c1-5-15(2)27-23(31)16(3)28(13-17-6-8-18(24)9-7-17)22(30)14-29(34(4,32)33)19-10-11-20(25)21(26)12-19/h6-12,15-16H,5,13-14H2,1-4H3,(H,27,31)/t15-,16+/m1/s1. The van der Waals surface area contributed by atoms with Gasteiger partial charge < -0.3 is 10.2 Å². The van der Waals surface area contributed by atoms with Crippen LogP contribution in [-0.4, -0.2) is 50.0 Å². The van der Waals surface area contributed by atoms with E-state index in [0.717, 1.165) is 28.4 Å². The van der Waals surface area contributed by atoms with Gasteiger partial charge in [-0.1, -0.05) is 35.0 Å². The molecule has 0 radical (unpaired) electrons. The number of sulfonamides is 1. The van der Waals surface area contributed by atoms with Crippen molar-refractivity contribution in [2.24, 2.45) is 0 Å². The molecule has 2 amide bonds. The van der Waals surface area contributed by atoms with Gasteiger partial charge >= 0.3 is 0 Å². The Morgan fingerprint density at radius 2 is 1.68 bits per heavy atom. The van der Waals surface area contributed by atoms with Gasteiger partial charge in [0.1, 0.15) is 12.6 Å². The lowest BCUT2D eigenvalue weighted by Crippen LogP contribution is -2.52. The summed E-state index contributed by atoms with van der Waals surface area (Å²) in [6.45, 7) is 4.64. The summed E-state index contributed by atoms with van der Waals surface area (Å²) in [5, 5.41) is 2.83. The first-order valence-corrected chi connectivity index (χ1v) is 13.2. The Bertz CT molecular complexity index is 1130. The van der Waals surface area contributed by atoms with Gasteiger partial charge in [-0.05, 0) is 50.1 Å². The fourth-order valence-electron chi connectivity index (χ4n) is 3.09. The maximum absolute atomic E-state index is 13.8. The molecule has 0 aromatic heterocycles. The average Bonchev–Trinajstić information content (AvgIpc) is 2.77. The molecule has 11 heteroatoms. The summed E-state index contributed by atoms with van der Waals surface area (Å²) in [5.41, 5.74) is 0.522. The first-order valence-electron chi connectivity index (χ1n) is 10.6. The van der Waals surface area contributed by atoms with E-state index in [1.165, 1.54) is 4.90 Å². The second-order valence-corrected chi connectivity index (χ2v) is 10.8. The van der Waals surface area contributed by atoms with Gasteiger partial charge in [0.2, 0.25) is 21.8 Å². The largest absolute Gasteiger partial charge is 0.352 e. The van der Waals surface area contributed by atoms with Crippen LogP contribution in [0.15, 0.2) is 46.9 Å². The molecule has 0 aliphatic rings. The van der Waals surface area contributed by atoms with E-state index in [9.17, 15) is 26.8 Å². The Morgan fingerprint density at radius 3 is 2.21 bits per heavy atom. The van der Waals surface area contributed by atoms with E-state index >= 15 is 0 Å². The van der Waals surface area contributed by atoms with E-state index in [1.54, 1.807) is 31.2 Å². The molecule has 2 aromatic rings. The van der Waals surface area contributed by atoms with E-state index < -0.39 is 46.1 Å². The van der Waals surface area contributed by atoms with Gasteiger partial charge in [-0.15, -0.1) is 0 Å². The highest BCUT2D eigenvalue weighted by Gasteiger charge is 2.30. The third-order valence-corrected chi connectivity index (χ3v) is 6.97. The van der Waals surface area contributed by atoms with Gasteiger partial charge in [-0.3, -0.25) is 13.9 Å². The normalized spacial score (nSPS) is 13.1. The fourth-order valence-corrected chi connectivity index (χ4v) is 4.19. The molecule has 34 heavy (non-hydrogen) atoms. The summed E-state index contributed by atoms with van der Waals surface area (Å²) in [5.74, 6) is -3.45. The summed E-state index contributed by atoms with van der Waals surface area (Å²) in [6.07, 6.45) is 1.55. The molecule has 0 aliphatic carbocycles. The first-order chi connectivity index (χ1) is 15.8. The van der Waals surface area contributed by atoms with Crippen molar-refractivity contribution in [3.05, 3.63) is 64.1 Å². The molecular weight excluding hydrogens is 532 g/mol. The van der Waals surface area contributed by atoms with Crippen molar-refractivity contribution in [3.8, 4) is 0 Å². The van der Waals surface area contributed by atoms with Gasteiger partial charge in [0.15, 0.2) is 11.6 Å². The Balaban J connectivity index is 2.39. The Labute approximate surface area is 207 Å². The van der Waals surface area contributed by atoms with E-state index in [1.807, 2.05) is 13.8 Å². The van der Waals surface area contributed by atoms with Crippen LogP contribution in [0.4, 0.5) is 14.5 Å². The number of hydrogen-bond acceptors (Lipinski definition) is 4. The zero-order valence-electron chi connectivity index (χ0n) is 19.4. The van der Waals surface area contributed by atoms with Crippen LogP contribution in [-0.2, 0) is 26.2 Å². The Kier molecular flexibility index (Phi) is 9.57. The number of anilines is 1. The molecule has 1 N–H and O–H groups in total. The van der Waals surface area contributed by atoms with Gasteiger partial charge in [0.05, 0.1) is 11.9 Å². The SMILES string of the molecule is CC[C@@H](C)NC(=O)[C@H](C)N(Cc1ccc(Br)cc1)C(=O)CN(c1ccc(F)c(F)c1)S(C)(=O)=O. The van der Waals surface area contributed by atoms with Crippen molar-refractivity contribution in [1.29, 1.82) is 0 Å². The lowest BCUT2D eigenvalue weighted by molar-refractivity contribution is -0.139. The molecule has 0 fully saturated rings. The minimum atomic E-state index is -4.03. The molecule has 186 valence electrons. The van der Waals surface area contributed by atoms with E-state index in [0.29, 0.717) is 16.8 Å². The Hall–Kier alpha value is -2.53. The second-order valence-electron chi connectivity index (χ2n) is 8.01. The van der Waals surface area contributed by atoms with Crippen LogP contribution >= 0.6 is 15.9 Å². The monoisotopic (exact) mass is 559 g/mol. The molecule has 0 bridgehead atoms. The van der Waals surface area contributed by atoms with Gasteiger partial charge in [0.25, 0.3) is 0 Å². The highest BCUT2D eigenvalue weighted by atomic mass is 79.9. The number of amides is 2. The van der Waals surface area contributed by atoms with E-state index in [4.69, 9.17) is 0 Å². The zero-order chi connectivity index (χ0) is 25.6. The van der Waals surface area contributed by atoms with Crippen LogP contribution in [0.1, 0.15) is 32.8 Å². The molecule has 0 spiro atoms. The minimum Gasteiger partial charge on any atom is -0.352 e. The highest BCUT2D eigenvalue weighted by Crippen LogP contribution is 2.22. The summed E-state index contributed by atoms with van der Waals surface area (Å²) in [4.78, 5) is 27.4. The molecule has 0 saturated heterocycles. The topological polar surface area (TPSA) is 86.8 Å². The van der Waals surface area contributed by atoms with Gasteiger partial charge in [-0.25, -0.2) is 17.2 Å². The van der Waals surface area contributed by atoms with Crippen molar-refractivity contribution in [1.82, 2.24) is 10.2 Å². The van der Waals surface area contributed by atoms with Gasteiger partial charge in [0, 0.05) is 23.1 Å². The Morgan fingerprint density at radius 1 is 1.06 bits per heavy atom. The predicted octanol–water partition coefficient (Wildman–Crippen LogP) is 3.83. The lowest BCUT2D eigenvalue weighted by atomic mass is 10.1. The van der Waals surface area contributed by atoms with Crippen LogP contribution < -0.4 is 9.62 Å². The number of carbonyl (C=O) groups is 2. The average molecular weight is 560 g/mol. The summed E-state index contributed by atoms with van der Waals surface area (Å²) in [7, 11) is -4.03. The van der Waals surface area contributed by atoms with Crippen LogP contribution in [0.2, 0.25) is 0 Å². The quantitative estimate of drug-likeness (QED) is 0.479. The first kappa shape index (κ1) is 27.7. The molecule has 2 aromatic carbocycles. The summed E-state index contributed by atoms with van der Waals surface area (Å²) < 4.78 is 53.5. The number of nitrogens with zero attached hydrogens (tertiary/aromatic N) is 2. The molecule has 0 unspecified atom stereocenters. The van der Waals surface area contributed by atoms with Crippen LogP contribution in [0, 0.1) is 11.6 Å². The van der Waals surface area contributed by atoms with Crippen LogP contribution in [0.25, 0.3) is 0 Å². The van der Waals surface area contributed by atoms with Crippen LogP contribution in [0.5, 0.6) is 0 Å². The third kappa shape index (κ3) is 7.49. The maximum atomic E-state index is 13.8. The molecule has 7 nitrogen and oxygen atoms in total. The lowest BCUT2D eigenvalue weighted by Gasteiger charge is -2.32. The number of halogens is 3. The van der Waals surface area contributed by atoms with E-state index in [2.05, 4.69) is 21.2 Å². The van der Waals surface area contributed by atoms with E-state index in [-0.39, 0.29) is 18.3 Å². The van der Waals surface area contributed by atoms with Crippen molar-refractivity contribution in [2.75, 3.05) is 17.1 Å². The zero-order valence-corrected chi connectivity index (χ0v) is 21.8. The summed E-state index contributed by atoms with van der Waals surface area (Å²) >= 11 is 3.34. The molecule has 0 heterocycles. The van der Waals surface area contributed by atoms with Crippen molar-refractivity contribution < 1.29 is 26.8 Å². The van der Waals surface area contributed by atoms with Crippen molar-refractivity contribution >= 4 is 43.5 Å². The maximum Gasteiger partial charge on any atom is 0.244 e. The number of rotatable bonds is 10. The predicted molar refractivity (Wildman–Crippen MR) is 131 cm³/mol. The minimum absolute atomic E-state index is 0.0383. The number of nitrogens with one attached hydrogen (secondary N) is 1. The smallest absolute Gasteiger partial charge is 0.244 e. The van der Waals surface area contributed by atoms with Crippen LogP contribution in [0.3, 0.4) is 0 Å². The molecule has 0 aliphatic heterocycles. The summed E-state index contributed by atoms with van der Waals surface area (Å²) in [6, 6.07) is 8.64. The number of hydrogen-bond donors (Lipinski definition) is 1. The molecule has 0 saturated carbocycles. The molecule has 2 rings (SSSR count). The van der Waals surface area contributed by atoms with Gasteiger partial charge in [-0.2, -0.15) is 0 Å². The van der Waals surface area contributed by atoms with Crippen molar-refractivity contribution in [3.63, 3.8) is 0 Å². The second kappa shape index (κ2) is 11.7. The number of benzene rings is 2. The molecular formula is C23H28BrF2N3O4S. The fraction of sp³-hybridized carbons (Fsp3) is 0.391.